The highest BCUT2D eigenvalue weighted by molar-refractivity contribution is 8.23. The second-order valence-corrected chi connectivity index (χ2v) is 10.2. The van der Waals surface area contributed by atoms with Gasteiger partial charge < -0.3 is 4.90 Å². The third kappa shape index (κ3) is 3.61. The smallest absolute Gasteiger partial charge is 0.243 e. The zero-order valence-corrected chi connectivity index (χ0v) is 16.8. The van der Waals surface area contributed by atoms with Crippen LogP contribution in [0.4, 0.5) is 0 Å². The predicted octanol–water partition coefficient (Wildman–Crippen LogP) is 2.44. The molecule has 8 heteroatoms. The lowest BCUT2D eigenvalue weighted by atomic mass is 10.1. The van der Waals surface area contributed by atoms with Gasteiger partial charge >= 0.3 is 0 Å². The van der Waals surface area contributed by atoms with Crippen LogP contribution in [0.1, 0.15) is 0 Å². The number of sulfonamides is 1. The van der Waals surface area contributed by atoms with E-state index in [0.717, 1.165) is 47.1 Å². The summed E-state index contributed by atoms with van der Waals surface area (Å²) in [5.41, 5.74) is 0. The lowest BCUT2D eigenvalue weighted by Crippen LogP contribution is -2.51. The third-order valence-electron chi connectivity index (χ3n) is 4.91. The van der Waals surface area contributed by atoms with Crippen LogP contribution in [-0.4, -0.2) is 72.0 Å². The molecule has 0 aromatic heterocycles. The first-order chi connectivity index (χ1) is 12.5. The molecule has 0 spiro atoms. The molecule has 2 aromatic rings. The van der Waals surface area contributed by atoms with E-state index in [0.29, 0.717) is 18.0 Å². The molecule has 0 radical (unpaired) electrons. The van der Waals surface area contributed by atoms with Crippen LogP contribution in [0.3, 0.4) is 0 Å². The van der Waals surface area contributed by atoms with E-state index < -0.39 is 10.0 Å². The highest BCUT2D eigenvalue weighted by Gasteiger charge is 2.30. The molecule has 0 atom stereocenters. The minimum absolute atomic E-state index is 0.377. The summed E-state index contributed by atoms with van der Waals surface area (Å²) in [5, 5.41) is 2.00. The monoisotopic (exact) mass is 407 g/mol. The molecule has 2 aliphatic heterocycles. The van der Waals surface area contributed by atoms with E-state index in [-0.39, 0.29) is 0 Å². The van der Waals surface area contributed by atoms with Gasteiger partial charge in [-0.15, -0.1) is 0 Å². The average molecular weight is 408 g/mol. The number of fused-ring (bicyclic) bond motifs is 1. The second-order valence-electron chi connectivity index (χ2n) is 6.55. The molecule has 26 heavy (non-hydrogen) atoms. The Labute approximate surface area is 164 Å². The zero-order valence-electron chi connectivity index (χ0n) is 14.4. The van der Waals surface area contributed by atoms with Crippen LogP contribution in [0.2, 0.25) is 0 Å². The molecule has 0 saturated carbocycles. The Balaban J connectivity index is 1.44. The Kier molecular flexibility index (Phi) is 5.20. The van der Waals surface area contributed by atoms with Crippen molar-refractivity contribution in [1.29, 1.82) is 0 Å². The van der Waals surface area contributed by atoms with E-state index in [2.05, 4.69) is 9.80 Å². The van der Waals surface area contributed by atoms with Crippen molar-refractivity contribution in [3.05, 3.63) is 42.5 Å². The van der Waals surface area contributed by atoms with E-state index in [1.807, 2.05) is 30.3 Å². The Hall–Kier alpha value is -1.19. The van der Waals surface area contributed by atoms with Crippen LogP contribution < -0.4 is 0 Å². The van der Waals surface area contributed by atoms with Gasteiger partial charge in [0.15, 0.2) is 0 Å². The fraction of sp³-hybridized carbons (Fsp3) is 0.389. The number of benzene rings is 2. The molecule has 2 aromatic carbocycles. The van der Waals surface area contributed by atoms with Crippen molar-refractivity contribution < 1.29 is 8.42 Å². The molecule has 0 aliphatic carbocycles. The molecule has 2 saturated heterocycles. The van der Waals surface area contributed by atoms with Crippen molar-refractivity contribution in [2.24, 2.45) is 0 Å². The van der Waals surface area contributed by atoms with Gasteiger partial charge in [0.25, 0.3) is 0 Å². The fourth-order valence-electron chi connectivity index (χ4n) is 3.38. The van der Waals surface area contributed by atoms with Crippen molar-refractivity contribution >= 4 is 49.1 Å². The molecule has 0 bridgehead atoms. The van der Waals surface area contributed by atoms with Crippen molar-refractivity contribution in [1.82, 2.24) is 14.1 Å². The first-order valence-electron chi connectivity index (χ1n) is 8.67. The molecular weight excluding hydrogens is 386 g/mol. The van der Waals surface area contributed by atoms with Crippen molar-refractivity contribution in [2.75, 3.05) is 45.1 Å². The first-order valence-corrected chi connectivity index (χ1v) is 11.5. The third-order valence-corrected chi connectivity index (χ3v) is 8.30. The van der Waals surface area contributed by atoms with E-state index in [9.17, 15) is 8.42 Å². The Morgan fingerprint density at radius 2 is 1.69 bits per heavy atom. The maximum atomic E-state index is 13.0. The Morgan fingerprint density at radius 3 is 2.38 bits per heavy atom. The Morgan fingerprint density at radius 1 is 0.962 bits per heavy atom. The van der Waals surface area contributed by atoms with E-state index in [1.54, 1.807) is 28.2 Å². The first kappa shape index (κ1) is 18.2. The maximum Gasteiger partial charge on any atom is 0.243 e. The quantitative estimate of drug-likeness (QED) is 0.726. The minimum Gasteiger partial charge on any atom is -0.344 e. The summed E-state index contributed by atoms with van der Waals surface area (Å²) in [4.78, 5) is 4.86. The summed E-state index contributed by atoms with van der Waals surface area (Å²) in [7, 11) is -3.45. The van der Waals surface area contributed by atoms with Gasteiger partial charge in [-0.25, -0.2) is 8.42 Å². The van der Waals surface area contributed by atoms with Crippen LogP contribution in [0.5, 0.6) is 0 Å². The SMILES string of the molecule is O=S(=O)(c1ccc2ccccc2c1)N1CCN(CN2CCSC2=S)CC1. The molecule has 0 N–H and O–H groups in total. The van der Waals surface area contributed by atoms with Gasteiger partial charge in [-0.05, 0) is 22.9 Å². The topological polar surface area (TPSA) is 43.9 Å². The number of piperazine rings is 1. The van der Waals surface area contributed by atoms with Crippen LogP contribution in [0.25, 0.3) is 10.8 Å². The van der Waals surface area contributed by atoms with Gasteiger partial charge in [0.1, 0.15) is 4.32 Å². The lowest BCUT2D eigenvalue weighted by Gasteiger charge is -2.36. The summed E-state index contributed by atoms with van der Waals surface area (Å²) in [5.74, 6) is 1.05. The lowest BCUT2D eigenvalue weighted by molar-refractivity contribution is 0.142. The van der Waals surface area contributed by atoms with Gasteiger partial charge in [-0.2, -0.15) is 4.31 Å². The van der Waals surface area contributed by atoms with Gasteiger partial charge in [-0.3, -0.25) is 4.90 Å². The summed E-state index contributed by atoms with van der Waals surface area (Å²) >= 11 is 7.07. The molecule has 0 amide bonds. The van der Waals surface area contributed by atoms with Gasteiger partial charge in [-0.1, -0.05) is 54.3 Å². The van der Waals surface area contributed by atoms with Crippen LogP contribution in [-0.2, 0) is 10.0 Å². The highest BCUT2D eigenvalue weighted by atomic mass is 32.2. The summed E-state index contributed by atoms with van der Waals surface area (Å²) in [6.07, 6.45) is 0. The standard InChI is InChI=1S/C18H21N3O2S3/c22-26(23,17-6-5-15-3-1-2-4-16(15)13-17)21-9-7-19(8-10-21)14-20-11-12-25-18(20)24/h1-6,13H,7-12,14H2. The van der Waals surface area contributed by atoms with Crippen LogP contribution in [0, 0.1) is 0 Å². The van der Waals surface area contributed by atoms with E-state index >= 15 is 0 Å². The molecule has 138 valence electrons. The summed E-state index contributed by atoms with van der Waals surface area (Å²) in [6.45, 7) is 4.29. The summed E-state index contributed by atoms with van der Waals surface area (Å²) < 4.78 is 28.6. The molecular formula is C18H21N3O2S3. The molecule has 2 fully saturated rings. The van der Waals surface area contributed by atoms with Crippen molar-refractivity contribution in [3.8, 4) is 0 Å². The second kappa shape index (κ2) is 7.44. The van der Waals surface area contributed by atoms with Gasteiger partial charge in [0.2, 0.25) is 10.0 Å². The van der Waals surface area contributed by atoms with E-state index in [1.165, 1.54) is 0 Å². The number of rotatable bonds is 4. The van der Waals surface area contributed by atoms with Crippen LogP contribution >= 0.6 is 24.0 Å². The molecule has 0 unspecified atom stereocenters. The number of hydrogen-bond donors (Lipinski definition) is 0. The number of thiocarbonyl (C=S) groups is 1. The van der Waals surface area contributed by atoms with E-state index in [4.69, 9.17) is 12.2 Å². The summed E-state index contributed by atoms with van der Waals surface area (Å²) in [6, 6.07) is 13.2. The maximum absolute atomic E-state index is 13.0. The number of nitrogens with zero attached hydrogens (tertiary/aromatic N) is 3. The van der Waals surface area contributed by atoms with Crippen molar-refractivity contribution in [2.45, 2.75) is 4.90 Å². The minimum atomic E-state index is -3.45. The number of hydrogen-bond acceptors (Lipinski definition) is 5. The molecule has 2 heterocycles. The Bertz CT molecular complexity index is 924. The van der Waals surface area contributed by atoms with Gasteiger partial charge in [0.05, 0.1) is 11.6 Å². The van der Waals surface area contributed by atoms with Crippen LogP contribution in [0.15, 0.2) is 47.4 Å². The van der Waals surface area contributed by atoms with Gasteiger partial charge in [0, 0.05) is 38.5 Å². The molecule has 5 nitrogen and oxygen atoms in total. The van der Waals surface area contributed by atoms with Crippen molar-refractivity contribution in [3.63, 3.8) is 0 Å². The normalized spacial score (nSPS) is 20.2. The fourth-order valence-corrected chi connectivity index (χ4v) is 6.06. The largest absolute Gasteiger partial charge is 0.344 e. The molecule has 4 rings (SSSR count). The number of thioether (sulfide) groups is 1. The predicted molar refractivity (Wildman–Crippen MR) is 111 cm³/mol. The average Bonchev–Trinajstić information content (AvgIpc) is 3.06. The zero-order chi connectivity index (χ0) is 18.1. The molecule has 2 aliphatic rings. The highest BCUT2D eigenvalue weighted by Crippen LogP contribution is 2.23.